The van der Waals surface area contributed by atoms with Crippen LogP contribution < -0.4 is 4.74 Å². The van der Waals surface area contributed by atoms with Gasteiger partial charge in [0.2, 0.25) is 0 Å². The molecule has 2 rings (SSSR count). The van der Waals surface area contributed by atoms with Crippen molar-refractivity contribution in [3.8, 4) is 5.75 Å². The van der Waals surface area contributed by atoms with E-state index in [1.54, 1.807) is 24.4 Å². The lowest BCUT2D eigenvalue weighted by molar-refractivity contribution is -0.131. The molecule has 0 bridgehead atoms. The average Bonchev–Trinajstić information content (AvgIpc) is 2.96. The first-order valence-corrected chi connectivity index (χ1v) is 7.52. The second-order valence-electron chi connectivity index (χ2n) is 3.74. The maximum absolute atomic E-state index is 10.6. The number of carboxylic acid groups (broad SMARTS) is 1. The first-order chi connectivity index (χ1) is 9.69. The van der Waals surface area contributed by atoms with Gasteiger partial charge in [-0.05, 0) is 23.8 Å². The molecule has 0 fully saturated rings. The van der Waals surface area contributed by atoms with Crippen molar-refractivity contribution in [2.45, 2.75) is 10.1 Å². The molecule has 0 aliphatic rings. The summed E-state index contributed by atoms with van der Waals surface area (Å²) in [6, 6.07) is 5.69. The largest absolute Gasteiger partial charge is 0.496 e. The predicted octanol–water partition coefficient (Wildman–Crippen LogP) is 2.94. The van der Waals surface area contributed by atoms with Crippen LogP contribution >= 0.6 is 23.1 Å². The lowest BCUT2D eigenvalue weighted by Gasteiger charge is -2.07. The van der Waals surface area contributed by atoms with E-state index in [4.69, 9.17) is 9.84 Å². The summed E-state index contributed by atoms with van der Waals surface area (Å²) in [5.74, 6) is 0.403. The number of carbonyl (C=O) groups is 1. The number of hydrogen-bond donors (Lipinski definition) is 1. The molecule has 20 heavy (non-hydrogen) atoms. The number of aliphatic carboxylic acids is 1. The zero-order chi connectivity index (χ0) is 14.4. The molecular weight excluding hydrogens is 296 g/mol. The van der Waals surface area contributed by atoms with Crippen molar-refractivity contribution in [3.63, 3.8) is 0 Å². The SMILES string of the molecule is COc1ccc(CSc2nncs2)cc1C=CC(=O)O. The summed E-state index contributed by atoms with van der Waals surface area (Å²) in [7, 11) is 1.56. The van der Waals surface area contributed by atoms with Gasteiger partial charge in [-0.25, -0.2) is 4.79 Å². The van der Waals surface area contributed by atoms with Crippen LogP contribution in [0.15, 0.2) is 34.1 Å². The van der Waals surface area contributed by atoms with E-state index in [9.17, 15) is 4.79 Å². The minimum atomic E-state index is -0.985. The molecule has 0 unspecified atom stereocenters. The highest BCUT2D eigenvalue weighted by Crippen LogP contribution is 2.27. The van der Waals surface area contributed by atoms with Crippen LogP contribution in [0.4, 0.5) is 0 Å². The van der Waals surface area contributed by atoms with Crippen LogP contribution in [0.5, 0.6) is 5.75 Å². The summed E-state index contributed by atoms with van der Waals surface area (Å²) in [6.07, 6.45) is 2.62. The molecule has 1 aromatic heterocycles. The third-order valence-electron chi connectivity index (χ3n) is 2.40. The Bertz CT molecular complexity index is 612. The van der Waals surface area contributed by atoms with Crippen LogP contribution in [0.2, 0.25) is 0 Å². The fraction of sp³-hybridized carbons (Fsp3) is 0.154. The molecule has 104 valence electrons. The molecule has 0 aliphatic heterocycles. The van der Waals surface area contributed by atoms with Crippen LogP contribution in [0.25, 0.3) is 6.08 Å². The first kappa shape index (κ1) is 14.5. The maximum Gasteiger partial charge on any atom is 0.328 e. The summed E-state index contributed by atoms with van der Waals surface area (Å²) in [6.45, 7) is 0. The number of thioether (sulfide) groups is 1. The molecule has 0 amide bonds. The first-order valence-electron chi connectivity index (χ1n) is 5.66. The molecule has 0 aliphatic carbocycles. The number of ether oxygens (including phenoxy) is 1. The van der Waals surface area contributed by atoms with Gasteiger partial charge in [0.25, 0.3) is 0 Å². The predicted molar refractivity (Wildman–Crippen MR) is 79.1 cm³/mol. The van der Waals surface area contributed by atoms with E-state index in [1.807, 2.05) is 18.2 Å². The smallest absolute Gasteiger partial charge is 0.328 e. The average molecular weight is 308 g/mol. The number of carboxylic acids is 1. The van der Waals surface area contributed by atoms with Crippen molar-refractivity contribution in [1.82, 2.24) is 10.2 Å². The molecule has 1 N–H and O–H groups in total. The van der Waals surface area contributed by atoms with Gasteiger partial charge in [-0.2, -0.15) is 0 Å². The van der Waals surface area contributed by atoms with Crippen LogP contribution in [0, 0.1) is 0 Å². The van der Waals surface area contributed by atoms with E-state index in [0.717, 1.165) is 27.3 Å². The van der Waals surface area contributed by atoms with E-state index < -0.39 is 5.97 Å². The summed E-state index contributed by atoms with van der Waals surface area (Å²) >= 11 is 3.08. The van der Waals surface area contributed by atoms with E-state index >= 15 is 0 Å². The minimum absolute atomic E-state index is 0.646. The minimum Gasteiger partial charge on any atom is -0.496 e. The normalized spacial score (nSPS) is 10.8. The number of benzene rings is 1. The second-order valence-corrected chi connectivity index (χ2v) is 5.80. The van der Waals surface area contributed by atoms with Gasteiger partial charge in [-0.15, -0.1) is 10.2 Å². The molecular formula is C13H12N2O3S2. The van der Waals surface area contributed by atoms with Gasteiger partial charge in [0.05, 0.1) is 7.11 Å². The Hall–Kier alpha value is -1.86. The van der Waals surface area contributed by atoms with Gasteiger partial charge in [0, 0.05) is 17.4 Å². The molecule has 1 aromatic carbocycles. The third-order valence-corrected chi connectivity index (χ3v) is 4.33. The van der Waals surface area contributed by atoms with Crippen molar-refractivity contribution in [1.29, 1.82) is 0 Å². The molecule has 1 heterocycles. The summed E-state index contributed by atoms with van der Waals surface area (Å²) in [5, 5.41) is 16.4. The van der Waals surface area contributed by atoms with E-state index in [0.29, 0.717) is 5.75 Å². The summed E-state index contributed by atoms with van der Waals surface area (Å²) < 4.78 is 6.12. The van der Waals surface area contributed by atoms with Gasteiger partial charge in [-0.3, -0.25) is 0 Å². The van der Waals surface area contributed by atoms with Crippen molar-refractivity contribution in [3.05, 3.63) is 40.9 Å². The summed E-state index contributed by atoms with van der Waals surface area (Å²) in [5.41, 5.74) is 3.50. The molecule has 2 aromatic rings. The Morgan fingerprint density at radius 1 is 1.55 bits per heavy atom. The molecule has 7 heteroatoms. The number of methoxy groups -OCH3 is 1. The quantitative estimate of drug-likeness (QED) is 0.653. The van der Waals surface area contributed by atoms with Crippen LogP contribution in [0.3, 0.4) is 0 Å². The summed E-state index contributed by atoms with van der Waals surface area (Å²) in [4.78, 5) is 10.6. The lowest BCUT2D eigenvalue weighted by Crippen LogP contribution is -1.91. The van der Waals surface area contributed by atoms with Gasteiger partial charge >= 0.3 is 5.97 Å². The molecule has 0 spiro atoms. The Morgan fingerprint density at radius 3 is 3.05 bits per heavy atom. The van der Waals surface area contributed by atoms with E-state index in [-0.39, 0.29) is 0 Å². The number of hydrogen-bond acceptors (Lipinski definition) is 6. The highest BCUT2D eigenvalue weighted by molar-refractivity contribution is 8.00. The van der Waals surface area contributed by atoms with Crippen molar-refractivity contribution >= 4 is 35.1 Å². The van der Waals surface area contributed by atoms with Gasteiger partial charge < -0.3 is 9.84 Å². The Balaban J connectivity index is 2.14. The molecule has 5 nitrogen and oxygen atoms in total. The van der Waals surface area contributed by atoms with Crippen LogP contribution in [0.1, 0.15) is 11.1 Å². The fourth-order valence-corrected chi connectivity index (χ4v) is 2.97. The zero-order valence-electron chi connectivity index (χ0n) is 10.6. The highest BCUT2D eigenvalue weighted by Gasteiger charge is 2.04. The second kappa shape index (κ2) is 7.06. The van der Waals surface area contributed by atoms with Crippen molar-refractivity contribution < 1.29 is 14.6 Å². The third kappa shape index (κ3) is 4.07. The number of aromatic nitrogens is 2. The fourth-order valence-electron chi connectivity index (χ4n) is 1.54. The highest BCUT2D eigenvalue weighted by atomic mass is 32.2. The monoisotopic (exact) mass is 308 g/mol. The van der Waals surface area contributed by atoms with E-state index in [2.05, 4.69) is 10.2 Å². The van der Waals surface area contributed by atoms with E-state index in [1.165, 1.54) is 17.4 Å². The van der Waals surface area contributed by atoms with Crippen molar-refractivity contribution in [2.24, 2.45) is 0 Å². The molecule has 0 atom stereocenters. The van der Waals surface area contributed by atoms with Crippen molar-refractivity contribution in [2.75, 3.05) is 7.11 Å². The van der Waals surface area contributed by atoms with Gasteiger partial charge in [0.1, 0.15) is 11.3 Å². The number of rotatable bonds is 6. The molecule has 0 saturated carbocycles. The lowest BCUT2D eigenvalue weighted by atomic mass is 10.1. The standard InChI is InChI=1S/C13H12N2O3S2/c1-18-11-4-2-9(6-10(11)3-5-12(16)17)7-19-13-15-14-8-20-13/h2-6,8H,7H2,1H3,(H,16,17). The Kier molecular flexibility index (Phi) is 5.14. The van der Waals surface area contributed by atoms with Gasteiger partial charge in [0.15, 0.2) is 4.34 Å². The zero-order valence-corrected chi connectivity index (χ0v) is 12.3. The Labute approximate surface area is 124 Å². The Morgan fingerprint density at radius 2 is 2.40 bits per heavy atom. The molecule has 0 radical (unpaired) electrons. The van der Waals surface area contributed by atoms with Gasteiger partial charge in [-0.1, -0.05) is 29.2 Å². The molecule has 0 saturated heterocycles. The maximum atomic E-state index is 10.6. The van der Waals surface area contributed by atoms with Crippen LogP contribution in [-0.2, 0) is 10.5 Å². The number of nitrogens with zero attached hydrogens (tertiary/aromatic N) is 2. The van der Waals surface area contributed by atoms with Crippen LogP contribution in [-0.4, -0.2) is 28.4 Å². The topological polar surface area (TPSA) is 72.3 Å².